The Morgan fingerprint density at radius 3 is 2.28 bits per heavy atom. The number of hydrogen-bond donors (Lipinski definition) is 2. The van der Waals surface area contributed by atoms with Gasteiger partial charge in [-0.05, 0) is 73.4 Å². The second-order valence-corrected chi connectivity index (χ2v) is 12.6. The van der Waals surface area contributed by atoms with Gasteiger partial charge in [0.1, 0.15) is 5.82 Å². The van der Waals surface area contributed by atoms with Crippen LogP contribution in [0, 0.1) is 5.92 Å². The van der Waals surface area contributed by atoms with Gasteiger partial charge in [-0.2, -0.15) is 4.31 Å². The summed E-state index contributed by atoms with van der Waals surface area (Å²) >= 11 is 6.21. The predicted molar refractivity (Wildman–Crippen MR) is 138 cm³/mol. The smallest absolute Gasteiger partial charge is 0.263 e. The van der Waals surface area contributed by atoms with Crippen LogP contribution in [-0.2, 0) is 20.0 Å². The van der Waals surface area contributed by atoms with E-state index in [9.17, 15) is 21.6 Å². The van der Waals surface area contributed by atoms with Crippen LogP contribution in [0.15, 0.2) is 76.7 Å². The lowest BCUT2D eigenvalue weighted by Crippen LogP contribution is -2.37. The third kappa shape index (κ3) is 5.86. The first-order valence-electron chi connectivity index (χ1n) is 11.2. The van der Waals surface area contributed by atoms with Crippen LogP contribution in [0.2, 0.25) is 5.02 Å². The van der Waals surface area contributed by atoms with E-state index in [0.717, 1.165) is 12.8 Å². The first-order chi connectivity index (χ1) is 17.1. The van der Waals surface area contributed by atoms with Crippen molar-refractivity contribution < 1.29 is 21.6 Å². The molecule has 0 radical (unpaired) electrons. The van der Waals surface area contributed by atoms with E-state index in [0.29, 0.717) is 24.7 Å². The average molecular weight is 549 g/mol. The number of carbonyl (C=O) groups is 1. The molecule has 2 heterocycles. The zero-order valence-corrected chi connectivity index (χ0v) is 21.8. The second kappa shape index (κ2) is 10.6. The fraction of sp³-hybridized carbons (Fsp3) is 0.250. The second-order valence-electron chi connectivity index (χ2n) is 8.53. The molecule has 1 fully saturated rings. The number of nitrogens with one attached hydrogen (secondary N) is 2. The predicted octanol–water partition coefficient (Wildman–Crippen LogP) is 4.21. The fourth-order valence-corrected chi connectivity index (χ4v) is 6.46. The number of halogens is 1. The Morgan fingerprint density at radius 2 is 1.64 bits per heavy atom. The molecular weight excluding hydrogens is 524 g/mol. The molecule has 9 nitrogen and oxygen atoms in total. The third-order valence-electron chi connectivity index (χ3n) is 5.89. The highest BCUT2D eigenvalue weighted by Crippen LogP contribution is 2.27. The number of pyridine rings is 1. The normalized spacial score (nSPS) is 15.4. The summed E-state index contributed by atoms with van der Waals surface area (Å²) in [4.78, 5) is 16.8. The minimum absolute atomic E-state index is 0.00311. The van der Waals surface area contributed by atoms with Gasteiger partial charge in [0.2, 0.25) is 10.0 Å². The van der Waals surface area contributed by atoms with Crippen LogP contribution < -0.4 is 10.0 Å². The van der Waals surface area contributed by atoms with Gasteiger partial charge in [-0.15, -0.1) is 0 Å². The van der Waals surface area contributed by atoms with E-state index in [4.69, 9.17) is 11.6 Å². The summed E-state index contributed by atoms with van der Waals surface area (Å²) in [5.41, 5.74) is 0.308. The van der Waals surface area contributed by atoms with Crippen LogP contribution in [-0.4, -0.2) is 45.1 Å². The highest BCUT2D eigenvalue weighted by molar-refractivity contribution is 7.92. The maximum atomic E-state index is 13.1. The summed E-state index contributed by atoms with van der Waals surface area (Å²) in [5, 5.41) is 2.73. The lowest BCUT2D eigenvalue weighted by molar-refractivity contribution is 0.102. The van der Waals surface area contributed by atoms with Gasteiger partial charge >= 0.3 is 0 Å². The molecule has 3 aromatic rings. The van der Waals surface area contributed by atoms with Gasteiger partial charge < -0.3 is 5.32 Å². The Labute approximate surface area is 215 Å². The van der Waals surface area contributed by atoms with Gasteiger partial charge in [-0.1, -0.05) is 24.6 Å². The number of carbonyl (C=O) groups excluding carboxylic acids is 1. The summed E-state index contributed by atoms with van der Waals surface area (Å²) < 4.78 is 55.1. The lowest BCUT2D eigenvalue weighted by atomic mass is 10.0. The van der Waals surface area contributed by atoms with Crippen LogP contribution in [0.25, 0.3) is 0 Å². The number of rotatable bonds is 7. The van der Waals surface area contributed by atoms with Crippen molar-refractivity contribution in [2.45, 2.75) is 29.6 Å². The van der Waals surface area contributed by atoms with Gasteiger partial charge in [0.15, 0.2) is 0 Å². The number of amides is 1. The number of anilines is 2. The Bertz CT molecular complexity index is 1460. The summed E-state index contributed by atoms with van der Waals surface area (Å²) in [6.45, 7) is 2.95. The Kier molecular flexibility index (Phi) is 7.65. The van der Waals surface area contributed by atoms with Gasteiger partial charge in [0.25, 0.3) is 15.9 Å². The molecule has 2 aromatic carbocycles. The molecule has 1 aromatic heterocycles. The number of hydrogen-bond acceptors (Lipinski definition) is 6. The van der Waals surface area contributed by atoms with Gasteiger partial charge in [0, 0.05) is 25.0 Å². The largest absolute Gasteiger partial charge is 0.322 e. The maximum absolute atomic E-state index is 13.1. The number of nitrogens with zero attached hydrogens (tertiary/aromatic N) is 2. The molecule has 0 atom stereocenters. The first kappa shape index (κ1) is 26.1. The standard InChI is InChI=1S/C24H25ClN4O5S2/c1-17-11-14-29(15-12-17)36(33,34)20-9-10-22(25)21(16-20)24(30)27-18-5-7-19(8-6-18)35(31,32)28-23-4-2-3-13-26-23/h2-10,13,16-17H,11-12,14-15H2,1H3,(H,26,28)(H,27,30). The Hall–Kier alpha value is -2.99. The fourth-order valence-electron chi connectivity index (χ4n) is 3.75. The minimum Gasteiger partial charge on any atom is -0.322 e. The zero-order chi connectivity index (χ0) is 25.9. The van der Waals surface area contributed by atoms with Crippen molar-refractivity contribution in [3.05, 3.63) is 77.4 Å². The van der Waals surface area contributed by atoms with Crippen molar-refractivity contribution in [2.75, 3.05) is 23.1 Å². The van der Waals surface area contributed by atoms with Crippen molar-refractivity contribution in [3.63, 3.8) is 0 Å². The summed E-state index contributed by atoms with van der Waals surface area (Å²) in [6.07, 6.45) is 3.03. The average Bonchev–Trinajstić information content (AvgIpc) is 2.85. The molecule has 4 rings (SSSR count). The van der Waals surface area contributed by atoms with Crippen molar-refractivity contribution >= 4 is 49.1 Å². The molecule has 1 aliphatic heterocycles. The van der Waals surface area contributed by atoms with Gasteiger partial charge in [0.05, 0.1) is 20.4 Å². The third-order valence-corrected chi connectivity index (χ3v) is 9.48. The van der Waals surface area contributed by atoms with E-state index >= 15 is 0 Å². The summed E-state index contributed by atoms with van der Waals surface area (Å²) in [7, 11) is -7.63. The van der Waals surface area contributed by atoms with Crippen LogP contribution in [0.1, 0.15) is 30.1 Å². The van der Waals surface area contributed by atoms with Crippen LogP contribution in [0.4, 0.5) is 11.5 Å². The highest BCUT2D eigenvalue weighted by atomic mass is 35.5. The van der Waals surface area contributed by atoms with E-state index in [1.165, 1.54) is 59.0 Å². The van der Waals surface area contributed by atoms with E-state index < -0.39 is 26.0 Å². The topological polar surface area (TPSA) is 126 Å². The molecule has 0 saturated carbocycles. The molecule has 1 amide bonds. The molecule has 0 bridgehead atoms. The SMILES string of the molecule is CC1CCN(S(=O)(=O)c2ccc(Cl)c(C(=O)Nc3ccc(S(=O)(=O)Nc4ccccn4)cc3)c2)CC1. The molecule has 12 heteroatoms. The van der Waals surface area contributed by atoms with Gasteiger partial charge in [-0.3, -0.25) is 9.52 Å². The van der Waals surface area contributed by atoms with E-state index in [-0.39, 0.29) is 26.2 Å². The lowest BCUT2D eigenvalue weighted by Gasteiger charge is -2.29. The molecule has 1 aliphatic rings. The zero-order valence-electron chi connectivity index (χ0n) is 19.4. The molecule has 0 aliphatic carbocycles. The van der Waals surface area contributed by atoms with E-state index in [2.05, 4.69) is 21.9 Å². The van der Waals surface area contributed by atoms with Crippen LogP contribution in [0.5, 0.6) is 0 Å². The Morgan fingerprint density at radius 1 is 0.972 bits per heavy atom. The molecule has 36 heavy (non-hydrogen) atoms. The number of sulfonamides is 2. The molecular formula is C24H25ClN4O5S2. The molecule has 2 N–H and O–H groups in total. The highest BCUT2D eigenvalue weighted by Gasteiger charge is 2.29. The van der Waals surface area contributed by atoms with Gasteiger partial charge in [-0.25, -0.2) is 21.8 Å². The van der Waals surface area contributed by atoms with Crippen molar-refractivity contribution in [1.82, 2.24) is 9.29 Å². The van der Waals surface area contributed by atoms with Crippen molar-refractivity contribution in [2.24, 2.45) is 5.92 Å². The first-order valence-corrected chi connectivity index (χ1v) is 14.5. The van der Waals surface area contributed by atoms with E-state index in [1.807, 2.05) is 0 Å². The number of piperidine rings is 1. The van der Waals surface area contributed by atoms with Crippen molar-refractivity contribution in [3.8, 4) is 0 Å². The summed E-state index contributed by atoms with van der Waals surface area (Å²) in [6, 6.07) is 14.4. The quantitative estimate of drug-likeness (QED) is 0.455. The van der Waals surface area contributed by atoms with Crippen LogP contribution in [0.3, 0.4) is 0 Å². The maximum Gasteiger partial charge on any atom is 0.263 e. The Balaban J connectivity index is 1.49. The molecule has 1 saturated heterocycles. The summed E-state index contributed by atoms with van der Waals surface area (Å²) in [5.74, 6) is 0.0279. The monoisotopic (exact) mass is 548 g/mol. The molecule has 190 valence electrons. The molecule has 0 unspecified atom stereocenters. The van der Waals surface area contributed by atoms with Crippen molar-refractivity contribution in [1.29, 1.82) is 0 Å². The number of aromatic nitrogens is 1. The van der Waals surface area contributed by atoms with E-state index in [1.54, 1.807) is 12.1 Å². The van der Waals surface area contributed by atoms with Crippen LogP contribution >= 0.6 is 11.6 Å². The number of benzene rings is 2. The minimum atomic E-state index is -3.87. The molecule has 0 spiro atoms.